The smallest absolute Gasteiger partial charge is 0.257 e. The number of nitrogens with one attached hydrogen (secondary N) is 2. The Bertz CT molecular complexity index is 914. The number of aromatic nitrogens is 1. The molecule has 0 radical (unpaired) electrons. The first-order valence-corrected chi connectivity index (χ1v) is 8.34. The van der Waals surface area contributed by atoms with Crippen LogP contribution in [0.3, 0.4) is 0 Å². The number of amides is 1. The van der Waals surface area contributed by atoms with Crippen LogP contribution < -0.4 is 10.6 Å². The summed E-state index contributed by atoms with van der Waals surface area (Å²) < 4.78 is 0. The third kappa shape index (κ3) is 4.29. The van der Waals surface area contributed by atoms with Crippen LogP contribution in [0.2, 0.25) is 10.2 Å². The SMILES string of the molecule is Cc1nc(Cl)ccc1C(=O)Nc1ccc(Cl)c(Nc2ccccc2)c1. The molecule has 2 aromatic carbocycles. The van der Waals surface area contributed by atoms with Crippen LogP contribution >= 0.6 is 23.2 Å². The van der Waals surface area contributed by atoms with Crippen LogP contribution in [0.5, 0.6) is 0 Å². The van der Waals surface area contributed by atoms with Crippen LogP contribution in [-0.2, 0) is 0 Å². The molecule has 1 heterocycles. The first kappa shape index (κ1) is 17.3. The molecule has 4 nitrogen and oxygen atoms in total. The van der Waals surface area contributed by atoms with Crippen LogP contribution in [0.25, 0.3) is 0 Å². The van der Waals surface area contributed by atoms with Crippen molar-refractivity contribution >= 4 is 46.2 Å². The second kappa shape index (κ2) is 7.55. The second-order valence-electron chi connectivity index (χ2n) is 5.41. The zero-order valence-electron chi connectivity index (χ0n) is 13.4. The van der Waals surface area contributed by atoms with E-state index in [4.69, 9.17) is 23.2 Å². The number of hydrogen-bond donors (Lipinski definition) is 2. The number of aryl methyl sites for hydroxylation is 1. The molecule has 0 atom stereocenters. The van der Waals surface area contributed by atoms with Gasteiger partial charge in [0.15, 0.2) is 0 Å². The van der Waals surface area contributed by atoms with Gasteiger partial charge in [0.05, 0.1) is 22.0 Å². The normalized spacial score (nSPS) is 10.4. The van der Waals surface area contributed by atoms with Crippen molar-refractivity contribution in [2.45, 2.75) is 6.92 Å². The number of hydrogen-bond acceptors (Lipinski definition) is 3. The minimum atomic E-state index is -0.255. The molecular formula is C19H15Cl2N3O. The van der Waals surface area contributed by atoms with E-state index in [1.807, 2.05) is 30.3 Å². The fourth-order valence-corrected chi connectivity index (χ4v) is 2.70. The molecule has 0 aliphatic rings. The van der Waals surface area contributed by atoms with Gasteiger partial charge in [-0.3, -0.25) is 4.79 Å². The standard InChI is InChI=1S/C19H15Cl2N3O/c1-12-15(8-10-18(21)22-12)19(25)24-14-7-9-16(20)17(11-14)23-13-5-3-2-4-6-13/h2-11,23H,1H3,(H,24,25). The maximum absolute atomic E-state index is 12.5. The number of carbonyl (C=O) groups is 1. The van der Waals surface area contributed by atoms with Gasteiger partial charge in [0.2, 0.25) is 0 Å². The van der Waals surface area contributed by atoms with E-state index in [0.717, 1.165) is 5.69 Å². The highest BCUT2D eigenvalue weighted by Crippen LogP contribution is 2.28. The zero-order valence-corrected chi connectivity index (χ0v) is 14.9. The summed E-state index contributed by atoms with van der Waals surface area (Å²) in [5.74, 6) is -0.255. The number of anilines is 3. The first-order valence-electron chi connectivity index (χ1n) is 7.59. The number of benzene rings is 2. The van der Waals surface area contributed by atoms with Crippen LogP contribution in [-0.4, -0.2) is 10.9 Å². The molecule has 3 rings (SSSR count). The van der Waals surface area contributed by atoms with Gasteiger partial charge in [-0.05, 0) is 49.4 Å². The Morgan fingerprint density at radius 1 is 0.960 bits per heavy atom. The molecule has 0 saturated heterocycles. The Balaban J connectivity index is 1.81. The van der Waals surface area contributed by atoms with Crippen molar-refractivity contribution in [3.05, 3.63) is 82.1 Å². The molecule has 0 unspecified atom stereocenters. The van der Waals surface area contributed by atoms with Crippen molar-refractivity contribution in [1.29, 1.82) is 0 Å². The summed E-state index contributed by atoms with van der Waals surface area (Å²) >= 11 is 12.1. The van der Waals surface area contributed by atoms with Gasteiger partial charge in [0.1, 0.15) is 5.15 Å². The molecule has 3 aromatic rings. The fourth-order valence-electron chi connectivity index (χ4n) is 2.34. The van der Waals surface area contributed by atoms with E-state index in [-0.39, 0.29) is 5.91 Å². The Hall–Kier alpha value is -2.56. The van der Waals surface area contributed by atoms with E-state index in [1.54, 1.807) is 37.3 Å². The topological polar surface area (TPSA) is 54.0 Å². The van der Waals surface area contributed by atoms with Crippen molar-refractivity contribution in [3.8, 4) is 0 Å². The average Bonchev–Trinajstić information content (AvgIpc) is 2.58. The Kier molecular flexibility index (Phi) is 5.22. The maximum atomic E-state index is 12.5. The Morgan fingerprint density at radius 3 is 2.44 bits per heavy atom. The number of halogens is 2. The number of rotatable bonds is 4. The largest absolute Gasteiger partial charge is 0.354 e. The first-order chi connectivity index (χ1) is 12.0. The summed E-state index contributed by atoms with van der Waals surface area (Å²) in [7, 11) is 0. The van der Waals surface area contributed by atoms with Crippen molar-refractivity contribution in [2.24, 2.45) is 0 Å². The summed E-state index contributed by atoms with van der Waals surface area (Å²) in [6.45, 7) is 1.74. The minimum Gasteiger partial charge on any atom is -0.354 e. The monoisotopic (exact) mass is 371 g/mol. The number of pyridine rings is 1. The van der Waals surface area contributed by atoms with E-state index in [0.29, 0.717) is 32.8 Å². The van der Waals surface area contributed by atoms with E-state index in [9.17, 15) is 4.79 Å². The molecule has 0 spiro atoms. The molecule has 0 saturated carbocycles. The van der Waals surface area contributed by atoms with Gasteiger partial charge in [0, 0.05) is 11.4 Å². The van der Waals surface area contributed by atoms with Crippen molar-refractivity contribution < 1.29 is 4.79 Å². The highest BCUT2D eigenvalue weighted by atomic mass is 35.5. The second-order valence-corrected chi connectivity index (χ2v) is 6.20. The summed E-state index contributed by atoms with van der Waals surface area (Å²) in [4.78, 5) is 16.5. The quantitative estimate of drug-likeness (QED) is 0.578. The lowest BCUT2D eigenvalue weighted by Crippen LogP contribution is -2.14. The van der Waals surface area contributed by atoms with E-state index >= 15 is 0 Å². The van der Waals surface area contributed by atoms with Crippen molar-refractivity contribution in [2.75, 3.05) is 10.6 Å². The molecule has 0 aliphatic heterocycles. The minimum absolute atomic E-state index is 0.255. The number of para-hydroxylation sites is 1. The summed E-state index contributed by atoms with van der Waals surface area (Å²) in [6, 6.07) is 18.2. The Morgan fingerprint density at radius 2 is 1.72 bits per heavy atom. The number of carbonyl (C=O) groups excluding carboxylic acids is 1. The molecule has 25 heavy (non-hydrogen) atoms. The molecular weight excluding hydrogens is 357 g/mol. The molecule has 0 aliphatic carbocycles. The lowest BCUT2D eigenvalue weighted by Gasteiger charge is -2.12. The van der Waals surface area contributed by atoms with Gasteiger partial charge in [-0.2, -0.15) is 0 Å². The highest BCUT2D eigenvalue weighted by Gasteiger charge is 2.12. The molecule has 0 bridgehead atoms. The summed E-state index contributed by atoms with van der Waals surface area (Å²) in [5.41, 5.74) is 3.28. The van der Waals surface area contributed by atoms with Crippen LogP contribution in [0.4, 0.5) is 17.1 Å². The van der Waals surface area contributed by atoms with Gasteiger partial charge in [-0.15, -0.1) is 0 Å². The van der Waals surface area contributed by atoms with Gasteiger partial charge < -0.3 is 10.6 Å². The molecule has 1 aromatic heterocycles. The van der Waals surface area contributed by atoms with Crippen molar-refractivity contribution in [1.82, 2.24) is 4.98 Å². The van der Waals surface area contributed by atoms with Gasteiger partial charge in [-0.25, -0.2) is 4.98 Å². The van der Waals surface area contributed by atoms with Crippen LogP contribution in [0.15, 0.2) is 60.7 Å². The predicted molar refractivity (Wildman–Crippen MR) is 103 cm³/mol. The third-order valence-corrected chi connectivity index (χ3v) is 4.11. The summed E-state index contributed by atoms with van der Waals surface area (Å²) in [5, 5.41) is 7.00. The van der Waals surface area contributed by atoms with Crippen molar-refractivity contribution in [3.63, 3.8) is 0 Å². The molecule has 1 amide bonds. The molecule has 0 fully saturated rings. The summed E-state index contributed by atoms with van der Waals surface area (Å²) in [6.07, 6.45) is 0. The Labute approximate surface area is 155 Å². The zero-order chi connectivity index (χ0) is 17.8. The maximum Gasteiger partial charge on any atom is 0.257 e. The van der Waals surface area contributed by atoms with Gasteiger partial charge >= 0.3 is 0 Å². The van der Waals surface area contributed by atoms with Crippen LogP contribution in [0, 0.1) is 6.92 Å². The third-order valence-electron chi connectivity index (χ3n) is 3.57. The van der Waals surface area contributed by atoms with Gasteiger partial charge in [-0.1, -0.05) is 41.4 Å². The van der Waals surface area contributed by atoms with E-state index < -0.39 is 0 Å². The van der Waals surface area contributed by atoms with Crippen LogP contribution in [0.1, 0.15) is 16.1 Å². The van der Waals surface area contributed by atoms with E-state index in [1.165, 1.54) is 0 Å². The molecule has 126 valence electrons. The van der Waals surface area contributed by atoms with Gasteiger partial charge in [0.25, 0.3) is 5.91 Å². The lowest BCUT2D eigenvalue weighted by molar-refractivity contribution is 0.102. The van der Waals surface area contributed by atoms with E-state index in [2.05, 4.69) is 15.6 Å². The molecule has 6 heteroatoms. The molecule has 2 N–H and O–H groups in total. The highest BCUT2D eigenvalue weighted by molar-refractivity contribution is 6.33. The fraction of sp³-hybridized carbons (Fsp3) is 0.0526. The average molecular weight is 372 g/mol. The predicted octanol–water partition coefficient (Wildman–Crippen LogP) is 5.69. The lowest BCUT2D eigenvalue weighted by atomic mass is 10.2. The number of nitrogens with zero attached hydrogens (tertiary/aromatic N) is 1.